The molecule has 2 aromatic rings. The number of hydrogen-bond donors (Lipinski definition) is 2. The molecule has 2 atom stereocenters. The van der Waals surface area contributed by atoms with Gasteiger partial charge in [-0.1, -0.05) is 61.9 Å². The molecular formula is C36H50ClN3O6. The van der Waals surface area contributed by atoms with Crippen LogP contribution in [0.1, 0.15) is 111 Å². The number of ether oxygens (including phenoxy) is 3. The number of carbonyl (C=O) groups excluding carboxylic acids is 3. The second-order valence-corrected chi connectivity index (χ2v) is 14.1. The van der Waals surface area contributed by atoms with Gasteiger partial charge in [-0.25, -0.2) is 9.59 Å². The Morgan fingerprint density at radius 3 is 2.39 bits per heavy atom. The quantitative estimate of drug-likeness (QED) is 0.215. The average molecular weight is 656 g/mol. The maximum atomic E-state index is 14.0. The molecule has 2 N–H and O–H groups in total. The molecule has 2 aliphatic carbocycles. The summed E-state index contributed by atoms with van der Waals surface area (Å²) in [6.45, 7) is 6.38. The van der Waals surface area contributed by atoms with Gasteiger partial charge < -0.3 is 29.7 Å². The lowest BCUT2D eigenvalue weighted by Crippen LogP contribution is -2.46. The number of carbonyl (C=O) groups is 3. The van der Waals surface area contributed by atoms with E-state index in [1.807, 2.05) is 51.1 Å². The van der Waals surface area contributed by atoms with E-state index in [0.717, 1.165) is 48.8 Å². The van der Waals surface area contributed by atoms with Gasteiger partial charge in [-0.15, -0.1) is 0 Å². The zero-order valence-corrected chi connectivity index (χ0v) is 28.7. The summed E-state index contributed by atoms with van der Waals surface area (Å²) in [4.78, 5) is 40.0. The van der Waals surface area contributed by atoms with E-state index in [2.05, 4.69) is 21.4 Å². The zero-order chi connectivity index (χ0) is 33.3. The highest BCUT2D eigenvalue weighted by molar-refractivity contribution is 6.30. The summed E-state index contributed by atoms with van der Waals surface area (Å²) in [6.07, 6.45) is 7.39. The van der Waals surface area contributed by atoms with Crippen LogP contribution in [0.5, 0.6) is 0 Å². The number of hydrogen-bond acceptors (Lipinski definition) is 6. The van der Waals surface area contributed by atoms with Gasteiger partial charge in [-0.3, -0.25) is 4.79 Å². The number of amides is 3. The van der Waals surface area contributed by atoms with E-state index in [0.29, 0.717) is 29.0 Å². The van der Waals surface area contributed by atoms with Crippen LogP contribution < -0.4 is 10.6 Å². The van der Waals surface area contributed by atoms with Gasteiger partial charge in [-0.05, 0) is 92.8 Å². The van der Waals surface area contributed by atoms with Crippen LogP contribution in [0.25, 0.3) is 0 Å². The van der Waals surface area contributed by atoms with Gasteiger partial charge in [0.2, 0.25) is 0 Å². The molecule has 0 heterocycles. The van der Waals surface area contributed by atoms with Gasteiger partial charge in [0.05, 0.1) is 13.7 Å². The van der Waals surface area contributed by atoms with E-state index in [-0.39, 0.29) is 25.1 Å². The number of methoxy groups -OCH3 is 1. The number of alkyl carbamates (subject to hydrolysis) is 1. The Balaban J connectivity index is 1.59. The van der Waals surface area contributed by atoms with E-state index in [4.69, 9.17) is 21.1 Å². The molecule has 0 radical (unpaired) electrons. The standard InChI is InChI=1S/C36H50ClN3O6/c1-36(2,3)46-35(43)40(4)23-31(18-24-10-7-6-8-11-24)39-33(41)29-20-27(25-14-15-25)19-28(21-29)32(26-12-9-13-30(37)22-26)45-17-16-38-34(42)44-5/h9,12-13,19-22,24-25,31-32H,6-8,10-11,14-18,23H2,1-5H3,(H,38,42)(H,39,41)/t31-,32?/m0/s1. The maximum Gasteiger partial charge on any atom is 0.410 e. The van der Waals surface area contributed by atoms with E-state index in [9.17, 15) is 14.4 Å². The molecule has 2 fully saturated rings. The van der Waals surface area contributed by atoms with Gasteiger partial charge in [0.15, 0.2) is 0 Å². The molecule has 46 heavy (non-hydrogen) atoms. The molecule has 2 saturated carbocycles. The fourth-order valence-electron chi connectivity index (χ4n) is 6.09. The van der Waals surface area contributed by atoms with Crippen molar-refractivity contribution in [3.05, 3.63) is 69.7 Å². The number of rotatable bonds is 13. The van der Waals surface area contributed by atoms with Crippen molar-refractivity contribution >= 4 is 29.7 Å². The lowest BCUT2D eigenvalue weighted by molar-refractivity contribution is 0.0274. The first-order valence-electron chi connectivity index (χ1n) is 16.5. The van der Waals surface area contributed by atoms with Crippen LogP contribution in [-0.4, -0.2) is 68.5 Å². The molecule has 0 aromatic heterocycles. The molecule has 0 spiro atoms. The molecular weight excluding hydrogens is 606 g/mol. The smallest absolute Gasteiger partial charge is 0.410 e. The van der Waals surface area contributed by atoms with Crippen molar-refractivity contribution in [1.29, 1.82) is 0 Å². The predicted octanol–water partition coefficient (Wildman–Crippen LogP) is 7.62. The maximum absolute atomic E-state index is 14.0. The lowest BCUT2D eigenvalue weighted by Gasteiger charge is -2.31. The Hall–Kier alpha value is -3.30. The SMILES string of the molecule is COC(=O)NCCOC(c1cccc(Cl)c1)c1cc(C(=O)N[C@@H](CC2CCCCC2)CN(C)C(=O)OC(C)(C)C)cc(C2CC2)c1. The summed E-state index contributed by atoms with van der Waals surface area (Å²) in [7, 11) is 3.04. The van der Waals surface area contributed by atoms with Crippen molar-refractivity contribution in [2.24, 2.45) is 5.92 Å². The summed E-state index contributed by atoms with van der Waals surface area (Å²) in [5, 5.41) is 6.52. The number of likely N-dealkylation sites (N-methyl/N-ethyl adjacent to an activating group) is 1. The third-order valence-corrected chi connectivity index (χ3v) is 8.70. The second-order valence-electron chi connectivity index (χ2n) is 13.7. The molecule has 10 heteroatoms. The predicted molar refractivity (Wildman–Crippen MR) is 179 cm³/mol. The largest absolute Gasteiger partial charge is 0.453 e. The van der Waals surface area contributed by atoms with E-state index < -0.39 is 23.9 Å². The van der Waals surface area contributed by atoms with Gasteiger partial charge in [0.25, 0.3) is 5.91 Å². The van der Waals surface area contributed by atoms with Crippen LogP contribution in [-0.2, 0) is 14.2 Å². The fraction of sp³-hybridized carbons (Fsp3) is 0.583. The monoisotopic (exact) mass is 655 g/mol. The van der Waals surface area contributed by atoms with Crippen LogP contribution in [0, 0.1) is 5.92 Å². The highest BCUT2D eigenvalue weighted by Crippen LogP contribution is 2.42. The molecule has 1 unspecified atom stereocenters. The van der Waals surface area contributed by atoms with Crippen molar-refractivity contribution in [3.63, 3.8) is 0 Å². The molecule has 0 bridgehead atoms. The number of nitrogens with zero attached hydrogens (tertiary/aromatic N) is 1. The molecule has 2 aromatic carbocycles. The summed E-state index contributed by atoms with van der Waals surface area (Å²) >= 11 is 6.38. The highest BCUT2D eigenvalue weighted by atomic mass is 35.5. The first-order valence-corrected chi connectivity index (χ1v) is 16.9. The lowest BCUT2D eigenvalue weighted by atomic mass is 9.84. The van der Waals surface area contributed by atoms with Gasteiger partial charge >= 0.3 is 12.2 Å². The Bertz CT molecular complexity index is 1340. The van der Waals surface area contributed by atoms with Crippen molar-refractivity contribution < 1.29 is 28.6 Å². The van der Waals surface area contributed by atoms with Crippen molar-refractivity contribution in [3.8, 4) is 0 Å². The highest BCUT2D eigenvalue weighted by Gasteiger charge is 2.29. The van der Waals surface area contributed by atoms with Gasteiger partial charge in [0.1, 0.15) is 11.7 Å². The molecule has 252 valence electrons. The second kappa shape index (κ2) is 16.5. The third kappa shape index (κ3) is 11.2. The summed E-state index contributed by atoms with van der Waals surface area (Å²) in [5.74, 6) is 0.710. The van der Waals surface area contributed by atoms with Crippen LogP contribution in [0.2, 0.25) is 5.02 Å². The van der Waals surface area contributed by atoms with E-state index >= 15 is 0 Å². The van der Waals surface area contributed by atoms with E-state index in [1.165, 1.54) is 26.4 Å². The van der Waals surface area contributed by atoms with Crippen LogP contribution in [0.3, 0.4) is 0 Å². The Labute approximate surface area is 278 Å². The van der Waals surface area contributed by atoms with Gasteiger partial charge in [0, 0.05) is 36.8 Å². The van der Waals surface area contributed by atoms with Crippen molar-refractivity contribution in [1.82, 2.24) is 15.5 Å². The first kappa shape index (κ1) is 35.6. The third-order valence-electron chi connectivity index (χ3n) is 8.46. The van der Waals surface area contributed by atoms with Crippen LogP contribution in [0.4, 0.5) is 9.59 Å². The minimum atomic E-state index is -0.607. The minimum absolute atomic E-state index is 0.181. The summed E-state index contributed by atoms with van der Waals surface area (Å²) < 4.78 is 16.6. The Kier molecular flexibility index (Phi) is 12.8. The normalized spacial score (nSPS) is 16.7. The summed E-state index contributed by atoms with van der Waals surface area (Å²) in [6, 6.07) is 13.2. The summed E-state index contributed by atoms with van der Waals surface area (Å²) in [5.41, 5.74) is 2.73. The fourth-order valence-corrected chi connectivity index (χ4v) is 6.28. The average Bonchev–Trinajstić information content (AvgIpc) is 3.86. The number of halogens is 1. The molecule has 0 aliphatic heterocycles. The Morgan fingerprint density at radius 2 is 1.74 bits per heavy atom. The minimum Gasteiger partial charge on any atom is -0.453 e. The molecule has 0 saturated heterocycles. The molecule has 2 aliphatic rings. The van der Waals surface area contributed by atoms with Crippen LogP contribution in [0.15, 0.2) is 42.5 Å². The first-order chi connectivity index (χ1) is 21.9. The zero-order valence-electron chi connectivity index (χ0n) is 27.9. The molecule has 9 nitrogen and oxygen atoms in total. The van der Waals surface area contributed by atoms with Crippen molar-refractivity contribution in [2.45, 2.75) is 95.8 Å². The number of nitrogens with one attached hydrogen (secondary N) is 2. The number of benzene rings is 2. The van der Waals surface area contributed by atoms with Crippen LogP contribution >= 0.6 is 11.6 Å². The van der Waals surface area contributed by atoms with Gasteiger partial charge in [-0.2, -0.15) is 0 Å². The Morgan fingerprint density at radius 1 is 1.00 bits per heavy atom. The molecule has 4 rings (SSSR count). The van der Waals surface area contributed by atoms with E-state index in [1.54, 1.807) is 18.0 Å². The molecule has 3 amide bonds. The topological polar surface area (TPSA) is 106 Å². The van der Waals surface area contributed by atoms with Crippen molar-refractivity contribution in [2.75, 3.05) is 33.9 Å².